The number of nitrogens with one attached hydrogen (secondary N) is 1. The highest BCUT2D eigenvalue weighted by Gasteiger charge is 2.44. The molecule has 0 aliphatic heterocycles. The summed E-state index contributed by atoms with van der Waals surface area (Å²) in [4.78, 5) is 11.7. The Morgan fingerprint density at radius 2 is 1.96 bits per heavy atom. The third kappa shape index (κ3) is 6.99. The summed E-state index contributed by atoms with van der Waals surface area (Å²) in [5.41, 5.74) is 0.558. The summed E-state index contributed by atoms with van der Waals surface area (Å²) in [5.74, 6) is 0.0721. The van der Waals surface area contributed by atoms with E-state index in [-0.39, 0.29) is 23.8 Å². The van der Waals surface area contributed by atoms with Gasteiger partial charge in [0.25, 0.3) is 0 Å². The van der Waals surface area contributed by atoms with Gasteiger partial charge >= 0.3 is 0 Å². The number of carbonyl (C=O) groups excluding carboxylic acids is 1. The molecule has 1 amide bonds. The van der Waals surface area contributed by atoms with Crippen molar-refractivity contribution in [2.75, 3.05) is 26.4 Å². The third-order valence-electron chi connectivity index (χ3n) is 3.87. The number of halogens is 1. The van der Waals surface area contributed by atoms with Crippen molar-refractivity contribution in [2.24, 2.45) is 11.3 Å². The summed E-state index contributed by atoms with van der Waals surface area (Å²) >= 11 is 0. The highest BCUT2D eigenvalue weighted by molar-refractivity contribution is 5.84. The molecule has 0 aromatic rings. The first-order valence-corrected chi connectivity index (χ1v) is 8.00. The minimum Gasteiger partial charge on any atom is -0.491 e. The quantitative estimate of drug-likeness (QED) is 0.359. The predicted octanol–water partition coefficient (Wildman–Crippen LogP) is 3.52. The van der Waals surface area contributed by atoms with Gasteiger partial charge in [0, 0.05) is 18.0 Å². The van der Waals surface area contributed by atoms with Gasteiger partial charge in [0.05, 0.1) is 13.2 Å². The van der Waals surface area contributed by atoms with E-state index in [1.807, 2.05) is 20.8 Å². The first-order chi connectivity index (χ1) is 10.8. The largest absolute Gasteiger partial charge is 0.491 e. The van der Waals surface area contributed by atoms with Gasteiger partial charge in [-0.15, -0.1) is 0 Å². The molecule has 1 N–H and O–H groups in total. The molecule has 0 aromatic heterocycles. The lowest BCUT2D eigenvalue weighted by Gasteiger charge is -2.16. The summed E-state index contributed by atoms with van der Waals surface area (Å²) < 4.78 is 23.9. The Labute approximate surface area is 138 Å². The molecule has 0 unspecified atom stereocenters. The Bertz CT molecular complexity index is 479. The van der Waals surface area contributed by atoms with Crippen LogP contribution in [0.25, 0.3) is 0 Å². The lowest BCUT2D eigenvalue weighted by Crippen LogP contribution is -2.33. The molecule has 1 rings (SSSR count). The van der Waals surface area contributed by atoms with Crippen molar-refractivity contribution in [2.45, 2.75) is 33.6 Å². The number of ether oxygens (including phenoxy) is 2. The zero-order valence-corrected chi connectivity index (χ0v) is 14.4. The molecule has 5 heteroatoms. The molecule has 0 radical (unpaired) electrons. The van der Waals surface area contributed by atoms with Crippen LogP contribution in [-0.4, -0.2) is 32.3 Å². The maximum Gasteiger partial charge on any atom is 0.226 e. The van der Waals surface area contributed by atoms with Crippen LogP contribution in [0, 0.1) is 11.3 Å². The van der Waals surface area contributed by atoms with Crippen LogP contribution in [0.2, 0.25) is 0 Å². The van der Waals surface area contributed by atoms with Crippen LogP contribution < -0.4 is 5.32 Å². The Hall–Kier alpha value is -1.62. The smallest absolute Gasteiger partial charge is 0.226 e. The fraction of sp³-hybridized carbons (Fsp3) is 0.611. The van der Waals surface area contributed by atoms with Crippen LogP contribution >= 0.6 is 0 Å². The first-order valence-electron chi connectivity index (χ1n) is 8.00. The summed E-state index contributed by atoms with van der Waals surface area (Å²) in [5, 5.41) is 2.85. The van der Waals surface area contributed by atoms with Gasteiger partial charge < -0.3 is 14.8 Å². The highest BCUT2D eigenvalue weighted by atomic mass is 19.1. The molecular weight excluding hydrogens is 297 g/mol. The molecule has 1 saturated carbocycles. The average Bonchev–Trinajstić information content (AvgIpc) is 3.22. The minimum atomic E-state index is -0.570. The molecule has 1 aliphatic carbocycles. The predicted molar refractivity (Wildman–Crippen MR) is 89.4 cm³/mol. The fourth-order valence-corrected chi connectivity index (χ4v) is 1.83. The van der Waals surface area contributed by atoms with Crippen molar-refractivity contribution in [3.05, 3.63) is 36.4 Å². The molecule has 0 aromatic carbocycles. The Morgan fingerprint density at radius 3 is 2.48 bits per heavy atom. The molecule has 0 atom stereocenters. The number of hydrogen-bond donors (Lipinski definition) is 1. The highest BCUT2D eigenvalue weighted by Crippen LogP contribution is 2.44. The molecule has 0 bridgehead atoms. The number of allylic oxidation sites excluding steroid dienone is 3. The maximum atomic E-state index is 13.0. The minimum absolute atomic E-state index is 0.0947. The number of rotatable bonds is 11. The van der Waals surface area contributed by atoms with Gasteiger partial charge in [-0.1, -0.05) is 33.9 Å². The molecule has 1 fully saturated rings. The van der Waals surface area contributed by atoms with Crippen LogP contribution in [0.5, 0.6) is 0 Å². The molecule has 23 heavy (non-hydrogen) atoms. The molecular formula is C18H28FNO3. The van der Waals surface area contributed by atoms with Crippen molar-refractivity contribution in [1.82, 2.24) is 5.32 Å². The molecule has 4 nitrogen and oxygen atoms in total. The van der Waals surface area contributed by atoms with Crippen LogP contribution in [-0.2, 0) is 14.3 Å². The SMILES string of the molecule is C=C(F)/C=C(/OCCOCCNC(=O)C1(C)CC1)C(=C)C(C)C. The van der Waals surface area contributed by atoms with Crippen molar-refractivity contribution in [3.63, 3.8) is 0 Å². The van der Waals surface area contributed by atoms with E-state index < -0.39 is 5.83 Å². The monoisotopic (exact) mass is 325 g/mol. The maximum absolute atomic E-state index is 13.0. The van der Waals surface area contributed by atoms with Gasteiger partial charge in [-0.25, -0.2) is 4.39 Å². The Kier molecular flexibility index (Phi) is 7.49. The van der Waals surface area contributed by atoms with Crippen LogP contribution in [0.1, 0.15) is 33.6 Å². The molecule has 0 spiro atoms. The van der Waals surface area contributed by atoms with E-state index in [0.717, 1.165) is 12.8 Å². The van der Waals surface area contributed by atoms with E-state index >= 15 is 0 Å². The first kappa shape index (κ1) is 19.4. The van der Waals surface area contributed by atoms with E-state index in [2.05, 4.69) is 18.5 Å². The van der Waals surface area contributed by atoms with Crippen LogP contribution in [0.3, 0.4) is 0 Å². The third-order valence-corrected chi connectivity index (χ3v) is 3.87. The number of amides is 1. The zero-order chi connectivity index (χ0) is 17.5. The van der Waals surface area contributed by atoms with Gasteiger partial charge in [-0.3, -0.25) is 4.79 Å². The van der Waals surface area contributed by atoms with E-state index in [1.54, 1.807) is 0 Å². The second kappa shape index (κ2) is 8.87. The van der Waals surface area contributed by atoms with E-state index in [0.29, 0.717) is 31.1 Å². The fourth-order valence-electron chi connectivity index (χ4n) is 1.83. The Balaban J connectivity index is 2.17. The summed E-state index contributed by atoms with van der Waals surface area (Å²) in [7, 11) is 0. The summed E-state index contributed by atoms with van der Waals surface area (Å²) in [6.45, 7) is 14.5. The van der Waals surface area contributed by atoms with Gasteiger partial charge in [-0.05, 0) is 24.3 Å². The van der Waals surface area contributed by atoms with E-state index in [1.165, 1.54) is 6.08 Å². The summed E-state index contributed by atoms with van der Waals surface area (Å²) in [6, 6.07) is 0. The molecule has 0 heterocycles. The lowest BCUT2D eigenvalue weighted by atomic mass is 10.0. The standard InChI is InChI=1S/C18H28FNO3/c1-13(2)15(4)16(12-14(3)19)23-11-10-22-9-8-20-17(21)18(5)6-7-18/h12-13H,3-4,6-11H2,1-2,5H3,(H,20,21)/b16-12+. The van der Waals surface area contributed by atoms with Crippen molar-refractivity contribution in [3.8, 4) is 0 Å². The molecule has 0 saturated heterocycles. The normalized spacial score (nSPS) is 16.1. The van der Waals surface area contributed by atoms with E-state index in [9.17, 15) is 9.18 Å². The van der Waals surface area contributed by atoms with Crippen LogP contribution in [0.4, 0.5) is 4.39 Å². The molecule has 130 valence electrons. The van der Waals surface area contributed by atoms with Gasteiger partial charge in [0.15, 0.2) is 0 Å². The number of carbonyl (C=O) groups is 1. The lowest BCUT2D eigenvalue weighted by molar-refractivity contribution is -0.125. The second-order valence-electron chi connectivity index (χ2n) is 6.41. The Morgan fingerprint density at radius 1 is 1.30 bits per heavy atom. The van der Waals surface area contributed by atoms with E-state index in [4.69, 9.17) is 9.47 Å². The van der Waals surface area contributed by atoms with Crippen molar-refractivity contribution in [1.29, 1.82) is 0 Å². The second-order valence-corrected chi connectivity index (χ2v) is 6.41. The topological polar surface area (TPSA) is 47.6 Å². The number of hydrogen-bond acceptors (Lipinski definition) is 3. The van der Waals surface area contributed by atoms with Crippen molar-refractivity contribution >= 4 is 5.91 Å². The van der Waals surface area contributed by atoms with Gasteiger partial charge in [0.1, 0.15) is 18.2 Å². The van der Waals surface area contributed by atoms with Crippen LogP contribution in [0.15, 0.2) is 36.4 Å². The average molecular weight is 325 g/mol. The summed E-state index contributed by atoms with van der Waals surface area (Å²) in [6.07, 6.45) is 3.16. The van der Waals surface area contributed by atoms with Gasteiger partial charge in [0.2, 0.25) is 5.91 Å². The zero-order valence-electron chi connectivity index (χ0n) is 14.4. The molecule has 1 aliphatic rings. The van der Waals surface area contributed by atoms with Crippen molar-refractivity contribution < 1.29 is 18.7 Å². The van der Waals surface area contributed by atoms with Gasteiger partial charge in [-0.2, -0.15) is 0 Å².